The molecule has 0 bridgehead atoms. The zero-order valence-corrected chi connectivity index (χ0v) is 13.5. The molecule has 0 atom stereocenters. The van der Waals surface area contributed by atoms with Crippen molar-refractivity contribution in [3.63, 3.8) is 0 Å². The van der Waals surface area contributed by atoms with Crippen molar-refractivity contribution in [2.45, 2.75) is 74.8 Å². The van der Waals surface area contributed by atoms with Gasteiger partial charge in [0.25, 0.3) is 0 Å². The van der Waals surface area contributed by atoms with Crippen molar-refractivity contribution in [1.82, 2.24) is 0 Å². The Morgan fingerprint density at radius 1 is 0.938 bits per heavy atom. The van der Waals surface area contributed by atoms with E-state index in [0.29, 0.717) is 0 Å². The van der Waals surface area contributed by atoms with Gasteiger partial charge in [-0.1, -0.05) is 60.2 Å². The van der Waals surface area contributed by atoms with Crippen LogP contribution in [0.5, 0.6) is 0 Å². The van der Waals surface area contributed by atoms with E-state index in [1.807, 2.05) is 0 Å². The lowest BCUT2D eigenvalue weighted by atomic mass is 9.77. The molecule has 0 nitrogen and oxygen atoms in total. The van der Waals surface area contributed by atoms with Crippen LogP contribution in [0.1, 0.15) is 51.9 Å². The Balaban J connectivity index is 1.72. The van der Waals surface area contributed by atoms with Gasteiger partial charge < -0.3 is 0 Å². The highest BCUT2D eigenvalue weighted by atomic mass is 79.9. The summed E-state index contributed by atoms with van der Waals surface area (Å²) in [5, 5.41) is 0. The summed E-state index contributed by atoms with van der Waals surface area (Å²) in [6.45, 7) is 2.37. The van der Waals surface area contributed by atoms with Gasteiger partial charge in [0.1, 0.15) is 0 Å². The van der Waals surface area contributed by atoms with Gasteiger partial charge in [0.15, 0.2) is 0 Å². The van der Waals surface area contributed by atoms with Gasteiger partial charge in [0, 0.05) is 13.6 Å². The van der Waals surface area contributed by atoms with Gasteiger partial charge in [0.2, 0.25) is 0 Å². The summed E-state index contributed by atoms with van der Waals surface area (Å²) >= 11 is 3.78. The highest BCUT2D eigenvalue weighted by molar-refractivity contribution is 9.09. The van der Waals surface area contributed by atoms with Gasteiger partial charge in [-0.2, -0.15) is 0 Å². The number of hydrogen-bond donors (Lipinski definition) is 0. The van der Waals surface area contributed by atoms with Crippen LogP contribution in [0, 0.1) is 11.8 Å². The molecule has 2 heteroatoms. The van der Waals surface area contributed by atoms with E-state index in [-0.39, 0.29) is 8.80 Å². The van der Waals surface area contributed by atoms with Crippen molar-refractivity contribution in [1.29, 1.82) is 0 Å². The van der Waals surface area contributed by atoms with E-state index in [1.165, 1.54) is 32.1 Å². The zero-order valence-electron chi connectivity index (χ0n) is 10.8. The maximum Gasteiger partial charge on any atom is 0.0367 e. The van der Waals surface area contributed by atoms with Crippen LogP contribution in [-0.4, -0.2) is 13.6 Å². The second-order valence-corrected chi connectivity index (χ2v) is 10.8. The van der Waals surface area contributed by atoms with E-state index in [4.69, 9.17) is 0 Å². The average molecular weight is 303 g/mol. The summed E-state index contributed by atoms with van der Waals surface area (Å²) in [5.41, 5.74) is 0. The molecular formula is C14H27BrSi. The molecule has 0 N–H and O–H groups in total. The monoisotopic (exact) mass is 302 g/mol. The third kappa shape index (κ3) is 3.59. The molecule has 2 fully saturated rings. The van der Waals surface area contributed by atoms with Crippen LogP contribution in [0.25, 0.3) is 0 Å². The fourth-order valence-corrected chi connectivity index (χ4v) is 7.92. The van der Waals surface area contributed by atoms with Crippen molar-refractivity contribution >= 4 is 24.7 Å². The third-order valence-electron chi connectivity index (χ3n) is 4.96. The van der Waals surface area contributed by atoms with Crippen molar-refractivity contribution in [3.05, 3.63) is 0 Å². The first-order valence-corrected chi connectivity index (χ1v) is 10.8. The summed E-state index contributed by atoms with van der Waals surface area (Å²) < 4.78 is 0. The topological polar surface area (TPSA) is 0 Å². The van der Waals surface area contributed by atoms with E-state index in [0.717, 1.165) is 16.7 Å². The number of halogens is 1. The van der Waals surface area contributed by atoms with Crippen molar-refractivity contribution in [2.24, 2.45) is 11.8 Å². The SMILES string of the molecule is CCC[Si@H]1CC[C@H](C2CCC(Br)CC2)CC1. The Kier molecular flexibility index (Phi) is 5.40. The summed E-state index contributed by atoms with van der Waals surface area (Å²) in [6, 6.07) is 4.97. The van der Waals surface area contributed by atoms with Gasteiger partial charge in [-0.25, -0.2) is 0 Å². The standard InChI is InChI=1S/C14H27BrSi/c1-2-9-16-10-7-13(8-11-16)12-3-5-14(15)6-4-12/h12-14,16H,2-11H2,1H3/t12?,13-,14?,16-. The molecule has 0 aromatic heterocycles. The number of hydrogen-bond acceptors (Lipinski definition) is 0. The molecule has 2 aliphatic rings. The van der Waals surface area contributed by atoms with E-state index < -0.39 is 0 Å². The Morgan fingerprint density at radius 2 is 1.50 bits per heavy atom. The molecule has 0 spiro atoms. The van der Waals surface area contributed by atoms with E-state index in [1.54, 1.807) is 31.0 Å². The van der Waals surface area contributed by atoms with Crippen LogP contribution in [-0.2, 0) is 0 Å². The fraction of sp³-hybridized carbons (Fsp3) is 1.00. The third-order valence-corrected chi connectivity index (χ3v) is 9.57. The molecule has 16 heavy (non-hydrogen) atoms. The predicted octanol–water partition coefficient (Wildman–Crippen LogP) is 4.99. The Bertz CT molecular complexity index is 191. The molecule has 1 heterocycles. The molecule has 1 saturated carbocycles. The molecule has 0 radical (unpaired) electrons. The molecule has 0 aromatic carbocycles. The first kappa shape index (κ1) is 13.1. The van der Waals surface area contributed by atoms with E-state index in [9.17, 15) is 0 Å². The van der Waals surface area contributed by atoms with Crippen molar-refractivity contribution in [2.75, 3.05) is 0 Å². The van der Waals surface area contributed by atoms with Crippen LogP contribution < -0.4 is 0 Å². The minimum atomic E-state index is -0.241. The minimum absolute atomic E-state index is 0.241. The summed E-state index contributed by atoms with van der Waals surface area (Å²) in [5.74, 6) is 2.23. The Hall–Kier alpha value is 0.697. The van der Waals surface area contributed by atoms with E-state index in [2.05, 4.69) is 22.9 Å². The van der Waals surface area contributed by atoms with Gasteiger partial charge in [-0.05, 0) is 37.5 Å². The number of alkyl halides is 1. The molecule has 0 amide bonds. The highest BCUT2D eigenvalue weighted by Crippen LogP contribution is 2.40. The van der Waals surface area contributed by atoms with Crippen LogP contribution in [0.3, 0.4) is 0 Å². The second-order valence-electron chi connectivity index (χ2n) is 6.08. The Morgan fingerprint density at radius 3 is 2.06 bits per heavy atom. The molecular weight excluding hydrogens is 276 g/mol. The van der Waals surface area contributed by atoms with Gasteiger partial charge >= 0.3 is 0 Å². The lowest BCUT2D eigenvalue weighted by Crippen LogP contribution is -2.28. The van der Waals surface area contributed by atoms with Crippen LogP contribution >= 0.6 is 15.9 Å². The van der Waals surface area contributed by atoms with Crippen LogP contribution in [0.4, 0.5) is 0 Å². The lowest BCUT2D eigenvalue weighted by Gasteiger charge is -2.36. The molecule has 94 valence electrons. The predicted molar refractivity (Wildman–Crippen MR) is 79.3 cm³/mol. The zero-order chi connectivity index (χ0) is 11.4. The molecule has 1 aliphatic heterocycles. The maximum atomic E-state index is 3.78. The number of rotatable bonds is 3. The molecule has 1 aliphatic carbocycles. The summed E-state index contributed by atoms with van der Waals surface area (Å²) in [7, 11) is -0.241. The van der Waals surface area contributed by atoms with Gasteiger partial charge in [0.05, 0.1) is 0 Å². The fourth-order valence-electron chi connectivity index (χ4n) is 3.91. The summed E-state index contributed by atoms with van der Waals surface area (Å²) in [4.78, 5) is 0.842. The lowest BCUT2D eigenvalue weighted by molar-refractivity contribution is 0.234. The smallest absolute Gasteiger partial charge is 0.0367 e. The second kappa shape index (κ2) is 6.58. The first-order valence-electron chi connectivity index (χ1n) is 7.43. The van der Waals surface area contributed by atoms with Gasteiger partial charge in [-0.3, -0.25) is 0 Å². The quantitative estimate of drug-likeness (QED) is 0.509. The van der Waals surface area contributed by atoms with Crippen LogP contribution in [0.2, 0.25) is 18.1 Å². The normalized spacial score (nSPS) is 40.9. The van der Waals surface area contributed by atoms with Crippen LogP contribution in [0.15, 0.2) is 0 Å². The summed E-state index contributed by atoms with van der Waals surface area (Å²) in [6.07, 6.45) is 10.6. The molecule has 0 unspecified atom stereocenters. The minimum Gasteiger partial charge on any atom is -0.0891 e. The molecule has 0 aromatic rings. The Labute approximate surface area is 111 Å². The highest BCUT2D eigenvalue weighted by Gasteiger charge is 2.30. The van der Waals surface area contributed by atoms with Crippen molar-refractivity contribution < 1.29 is 0 Å². The maximum absolute atomic E-state index is 3.78. The first-order chi connectivity index (χ1) is 7.79. The molecule has 1 saturated heterocycles. The van der Waals surface area contributed by atoms with E-state index >= 15 is 0 Å². The van der Waals surface area contributed by atoms with Crippen molar-refractivity contribution in [3.8, 4) is 0 Å². The largest absolute Gasteiger partial charge is 0.0891 e. The van der Waals surface area contributed by atoms with Gasteiger partial charge in [-0.15, -0.1) is 0 Å². The molecule has 2 rings (SSSR count). The average Bonchev–Trinajstić information content (AvgIpc) is 2.32.